The molecule has 41 heavy (non-hydrogen) atoms. The van der Waals surface area contributed by atoms with E-state index >= 15 is 0 Å². The fraction of sp³-hybridized carbons (Fsp3) is 0.333. The third-order valence-corrected chi connectivity index (χ3v) is 7.47. The predicted molar refractivity (Wildman–Crippen MR) is 135 cm³/mol. The Bertz CT molecular complexity index is 1570. The Balaban J connectivity index is 1.59. The molecule has 10 nitrogen and oxygen atoms in total. The molecule has 1 saturated heterocycles. The minimum Gasteiger partial charge on any atom is -0.394 e. The van der Waals surface area contributed by atoms with Crippen molar-refractivity contribution in [3.05, 3.63) is 75.4 Å². The van der Waals surface area contributed by atoms with Gasteiger partial charge in [0.15, 0.2) is 17.5 Å². The van der Waals surface area contributed by atoms with Crippen LogP contribution in [0.5, 0.6) is 0 Å². The van der Waals surface area contributed by atoms with Crippen LogP contribution in [0.15, 0.2) is 47.3 Å². The van der Waals surface area contributed by atoms with Crippen molar-refractivity contribution >= 4 is 27.5 Å². The smallest absolute Gasteiger partial charge is 0.394 e. The molecule has 0 amide bonds. The summed E-state index contributed by atoms with van der Waals surface area (Å²) in [6.45, 7) is -0.711. The lowest BCUT2D eigenvalue weighted by atomic mass is 9.91. The van der Waals surface area contributed by atoms with E-state index in [0.717, 1.165) is 33.8 Å². The zero-order chi connectivity index (χ0) is 29.6. The first-order chi connectivity index (χ1) is 19.5. The second kappa shape index (κ2) is 11.3. The third-order valence-electron chi connectivity index (χ3n) is 6.62. The van der Waals surface area contributed by atoms with Crippen LogP contribution in [0.2, 0.25) is 5.02 Å². The normalized spacial score (nSPS) is 23.2. The van der Waals surface area contributed by atoms with Crippen molar-refractivity contribution < 1.29 is 41.6 Å². The van der Waals surface area contributed by atoms with Crippen molar-refractivity contribution in [1.82, 2.24) is 29.8 Å². The summed E-state index contributed by atoms with van der Waals surface area (Å²) in [7, 11) is 1.25. The van der Waals surface area contributed by atoms with Crippen LogP contribution in [0, 0.1) is 11.6 Å². The molecule has 3 heterocycles. The number of hydrogen-bond acceptors (Lipinski definition) is 8. The van der Waals surface area contributed by atoms with Crippen LogP contribution in [0.25, 0.3) is 16.9 Å². The summed E-state index contributed by atoms with van der Waals surface area (Å²) in [5.74, 6) is -2.50. The maximum absolute atomic E-state index is 14.6. The molecule has 0 aliphatic carbocycles. The van der Waals surface area contributed by atoms with E-state index in [9.17, 15) is 32.2 Å². The molecule has 0 unspecified atom stereocenters. The monoisotopic (exact) mass is 664 g/mol. The van der Waals surface area contributed by atoms with E-state index in [0.29, 0.717) is 0 Å². The van der Waals surface area contributed by atoms with Gasteiger partial charge in [0, 0.05) is 17.7 Å². The van der Waals surface area contributed by atoms with Crippen molar-refractivity contribution in [3.63, 3.8) is 0 Å². The van der Waals surface area contributed by atoms with Gasteiger partial charge < -0.3 is 19.7 Å². The molecular formula is C24H19BrClF5N6O4. The van der Waals surface area contributed by atoms with E-state index in [1.807, 2.05) is 0 Å². The van der Waals surface area contributed by atoms with E-state index < -0.39 is 66.1 Å². The molecule has 1 aliphatic heterocycles. The third kappa shape index (κ3) is 5.35. The highest BCUT2D eigenvalue weighted by Crippen LogP contribution is 2.42. The summed E-state index contributed by atoms with van der Waals surface area (Å²) < 4.78 is 83.9. The number of aromatic nitrogens is 6. The second-order valence-electron chi connectivity index (χ2n) is 8.98. The summed E-state index contributed by atoms with van der Waals surface area (Å²) in [4.78, 5) is 0. The topological polar surface area (TPSA) is 120 Å². The molecule has 1 aliphatic rings. The molecule has 0 radical (unpaired) electrons. The fourth-order valence-electron chi connectivity index (χ4n) is 4.71. The highest BCUT2D eigenvalue weighted by Gasteiger charge is 2.49. The molecule has 1 fully saturated rings. The Morgan fingerprint density at radius 2 is 1.90 bits per heavy atom. The first-order valence-corrected chi connectivity index (χ1v) is 12.9. The van der Waals surface area contributed by atoms with Gasteiger partial charge in [0.1, 0.15) is 42.5 Å². The van der Waals surface area contributed by atoms with Crippen LogP contribution >= 0.6 is 27.5 Å². The predicted octanol–water partition coefficient (Wildman–Crippen LogP) is 4.29. The Morgan fingerprint density at radius 1 is 1.15 bits per heavy atom. The van der Waals surface area contributed by atoms with Gasteiger partial charge in [-0.25, -0.2) is 13.5 Å². The van der Waals surface area contributed by atoms with Gasteiger partial charge in [-0.05, 0) is 46.3 Å². The van der Waals surface area contributed by atoms with Crippen LogP contribution in [-0.2, 0) is 15.7 Å². The van der Waals surface area contributed by atoms with Gasteiger partial charge in [-0.1, -0.05) is 16.8 Å². The lowest BCUT2D eigenvalue weighted by Gasteiger charge is -2.43. The molecule has 2 aromatic heterocycles. The Morgan fingerprint density at radius 3 is 2.59 bits per heavy atom. The molecule has 4 aromatic rings. The molecule has 218 valence electrons. The maximum Gasteiger partial charge on any atom is 0.418 e. The molecular weight excluding hydrogens is 647 g/mol. The molecule has 0 bridgehead atoms. The summed E-state index contributed by atoms with van der Waals surface area (Å²) in [5, 5.41) is 36.6. The van der Waals surface area contributed by atoms with Crippen molar-refractivity contribution in [2.24, 2.45) is 0 Å². The largest absolute Gasteiger partial charge is 0.418 e. The number of aliphatic hydroxyl groups excluding tert-OH is 2. The first-order valence-electron chi connectivity index (χ1n) is 11.8. The SMILES string of the molecule is CO[C@@H]1[C@@H](n2cc(-c3ccc(Br)c(F)c3F)nn2)[C@@H](O)[C@@H](CO)O[C@H]1c1nncn1-c1cc(Cl)ccc1C(F)(F)F. The standard InChI is InChI=1S/C24H19BrClF5N6O4/c1-40-21-19(37-7-14(33-35-37)11-3-5-13(25)18(28)17(11)27)20(39)16(8-38)41-22(21)23-34-32-9-36(23)15-6-10(26)2-4-12(15)24(29,30)31/h2-7,9,16,19-22,38-39H,8H2,1H3/t16-,19+,20+,21-,22-/m1/s1. The van der Waals surface area contributed by atoms with E-state index in [-0.39, 0.29) is 26.6 Å². The Kier molecular flexibility index (Phi) is 8.15. The van der Waals surface area contributed by atoms with Crippen molar-refractivity contribution in [3.8, 4) is 16.9 Å². The highest BCUT2D eigenvalue weighted by atomic mass is 79.9. The van der Waals surface area contributed by atoms with E-state index in [2.05, 4.69) is 36.4 Å². The second-order valence-corrected chi connectivity index (χ2v) is 10.3. The molecule has 17 heteroatoms. The number of nitrogens with zero attached hydrogens (tertiary/aromatic N) is 6. The van der Waals surface area contributed by atoms with Gasteiger partial charge in [0.2, 0.25) is 0 Å². The molecule has 5 atom stereocenters. The number of methoxy groups -OCH3 is 1. The zero-order valence-electron chi connectivity index (χ0n) is 20.7. The molecule has 0 saturated carbocycles. The average molecular weight is 666 g/mol. The van der Waals surface area contributed by atoms with Gasteiger partial charge in [-0.2, -0.15) is 13.2 Å². The highest BCUT2D eigenvalue weighted by molar-refractivity contribution is 9.10. The van der Waals surface area contributed by atoms with Crippen molar-refractivity contribution in [1.29, 1.82) is 0 Å². The minimum absolute atomic E-state index is 0.00814. The van der Waals surface area contributed by atoms with Gasteiger partial charge in [0.25, 0.3) is 0 Å². The molecule has 2 N–H and O–H groups in total. The van der Waals surface area contributed by atoms with Crippen LogP contribution in [0.3, 0.4) is 0 Å². The van der Waals surface area contributed by atoms with Crippen LogP contribution in [0.4, 0.5) is 22.0 Å². The number of hydrogen-bond donors (Lipinski definition) is 2. The fourth-order valence-corrected chi connectivity index (χ4v) is 5.18. The van der Waals surface area contributed by atoms with E-state index in [1.165, 1.54) is 25.4 Å². The number of halogens is 7. The molecule has 0 spiro atoms. The summed E-state index contributed by atoms with van der Waals surface area (Å²) in [5.41, 5.74) is -1.74. The summed E-state index contributed by atoms with van der Waals surface area (Å²) >= 11 is 8.91. The lowest BCUT2D eigenvalue weighted by Crippen LogP contribution is -2.53. The van der Waals surface area contributed by atoms with Crippen molar-refractivity contribution in [2.75, 3.05) is 13.7 Å². The van der Waals surface area contributed by atoms with Gasteiger partial charge in [-0.15, -0.1) is 15.3 Å². The molecule has 5 rings (SSSR count). The van der Waals surface area contributed by atoms with Gasteiger partial charge in [0.05, 0.1) is 28.5 Å². The number of ether oxygens (including phenoxy) is 2. The molecule has 2 aromatic carbocycles. The number of aliphatic hydroxyl groups is 2. The Hall–Kier alpha value is -3.02. The van der Waals surface area contributed by atoms with Gasteiger partial charge in [-0.3, -0.25) is 4.57 Å². The van der Waals surface area contributed by atoms with E-state index in [1.54, 1.807) is 0 Å². The first kappa shape index (κ1) is 29.5. The Labute approximate surface area is 241 Å². The van der Waals surface area contributed by atoms with Gasteiger partial charge >= 0.3 is 6.18 Å². The lowest BCUT2D eigenvalue weighted by molar-refractivity contribution is -0.217. The number of benzene rings is 2. The zero-order valence-corrected chi connectivity index (χ0v) is 23.0. The maximum atomic E-state index is 14.6. The van der Waals surface area contributed by atoms with Crippen molar-refractivity contribution in [2.45, 2.75) is 36.6 Å². The number of rotatable bonds is 6. The van der Waals surface area contributed by atoms with Crippen LogP contribution < -0.4 is 0 Å². The van der Waals surface area contributed by atoms with Crippen LogP contribution in [0.1, 0.15) is 23.5 Å². The summed E-state index contributed by atoms with van der Waals surface area (Å²) in [6, 6.07) is 4.34. The minimum atomic E-state index is -4.76. The average Bonchev–Trinajstić information content (AvgIpc) is 3.61. The van der Waals surface area contributed by atoms with E-state index in [4.69, 9.17) is 21.1 Å². The quantitative estimate of drug-likeness (QED) is 0.231. The van der Waals surface area contributed by atoms with Crippen LogP contribution in [-0.4, -0.2) is 72.0 Å². The summed E-state index contributed by atoms with van der Waals surface area (Å²) in [6.07, 6.45) is -7.81. The number of alkyl halides is 3.